The zero-order chi connectivity index (χ0) is 24.1. The van der Waals surface area contributed by atoms with E-state index in [0.29, 0.717) is 34.9 Å². The topological polar surface area (TPSA) is 83.6 Å². The number of hydrogen-bond donors (Lipinski definition) is 1. The SMILES string of the molecule is O=C(CSc1ccc(S(=O)(=O)N2CCCC2)cc1)Nc1ccc(Cl)cc1C(=O)c1ccccc1. The van der Waals surface area contributed by atoms with Crippen molar-refractivity contribution in [2.45, 2.75) is 22.6 Å². The molecule has 0 atom stereocenters. The number of amides is 1. The Hall–Kier alpha value is -2.65. The van der Waals surface area contributed by atoms with Crippen LogP contribution in [0.2, 0.25) is 5.02 Å². The van der Waals surface area contributed by atoms with Gasteiger partial charge in [-0.25, -0.2) is 8.42 Å². The van der Waals surface area contributed by atoms with Crippen molar-refractivity contribution in [1.82, 2.24) is 4.31 Å². The zero-order valence-electron chi connectivity index (χ0n) is 18.2. The van der Waals surface area contributed by atoms with Crippen LogP contribution >= 0.6 is 23.4 Å². The summed E-state index contributed by atoms with van der Waals surface area (Å²) in [5, 5.41) is 3.19. The second-order valence-electron chi connectivity index (χ2n) is 7.80. The minimum Gasteiger partial charge on any atom is -0.325 e. The van der Waals surface area contributed by atoms with Gasteiger partial charge in [-0.15, -0.1) is 11.8 Å². The Morgan fingerprint density at radius 1 is 0.941 bits per heavy atom. The fraction of sp³-hybridized carbons (Fsp3) is 0.200. The molecule has 34 heavy (non-hydrogen) atoms. The van der Waals surface area contributed by atoms with Gasteiger partial charge < -0.3 is 5.32 Å². The van der Waals surface area contributed by atoms with Crippen molar-refractivity contribution in [2.24, 2.45) is 0 Å². The van der Waals surface area contributed by atoms with Gasteiger partial charge in [-0.2, -0.15) is 4.31 Å². The molecule has 1 amide bonds. The van der Waals surface area contributed by atoms with Gasteiger partial charge in [-0.1, -0.05) is 41.9 Å². The molecule has 176 valence electrons. The molecule has 0 aromatic heterocycles. The number of hydrogen-bond acceptors (Lipinski definition) is 5. The molecule has 4 rings (SSSR count). The monoisotopic (exact) mass is 514 g/mol. The average Bonchev–Trinajstić information content (AvgIpc) is 3.40. The highest BCUT2D eigenvalue weighted by molar-refractivity contribution is 8.00. The number of ketones is 1. The van der Waals surface area contributed by atoms with E-state index in [-0.39, 0.29) is 22.3 Å². The van der Waals surface area contributed by atoms with Crippen LogP contribution in [0.5, 0.6) is 0 Å². The molecule has 3 aromatic rings. The van der Waals surface area contributed by atoms with Gasteiger partial charge in [0.1, 0.15) is 0 Å². The highest BCUT2D eigenvalue weighted by atomic mass is 35.5. The van der Waals surface area contributed by atoms with E-state index in [1.165, 1.54) is 16.1 Å². The molecule has 0 bridgehead atoms. The van der Waals surface area contributed by atoms with Gasteiger partial charge in [0.25, 0.3) is 0 Å². The number of benzene rings is 3. The van der Waals surface area contributed by atoms with Crippen molar-refractivity contribution >= 4 is 50.8 Å². The smallest absolute Gasteiger partial charge is 0.243 e. The first-order chi connectivity index (χ1) is 16.3. The standard InChI is InChI=1S/C25H23ClN2O4S2/c26-19-8-13-23(22(16-19)25(30)18-6-2-1-3-7-18)27-24(29)17-33-20-9-11-21(12-10-20)34(31,32)28-14-4-5-15-28/h1-3,6-13,16H,4-5,14-15,17H2,(H,27,29). The van der Waals surface area contributed by atoms with E-state index in [9.17, 15) is 18.0 Å². The summed E-state index contributed by atoms with van der Waals surface area (Å²) >= 11 is 7.38. The van der Waals surface area contributed by atoms with Gasteiger partial charge in [0, 0.05) is 34.1 Å². The first-order valence-corrected chi connectivity index (χ1v) is 13.6. The largest absolute Gasteiger partial charge is 0.325 e. The molecular weight excluding hydrogens is 492 g/mol. The van der Waals surface area contributed by atoms with Crippen molar-refractivity contribution in [2.75, 3.05) is 24.2 Å². The van der Waals surface area contributed by atoms with Crippen LogP contribution in [-0.2, 0) is 14.8 Å². The summed E-state index contributed by atoms with van der Waals surface area (Å²) in [6, 6.07) is 20.1. The fourth-order valence-corrected chi connectivity index (χ4v) is 6.07. The maximum absolute atomic E-state index is 12.9. The quantitative estimate of drug-likeness (QED) is 0.334. The molecule has 0 unspecified atom stereocenters. The molecule has 1 saturated heterocycles. The predicted octanol–water partition coefficient (Wildman–Crippen LogP) is 5.09. The number of sulfonamides is 1. The second kappa shape index (κ2) is 10.7. The highest BCUT2D eigenvalue weighted by Gasteiger charge is 2.27. The molecule has 0 saturated carbocycles. The van der Waals surface area contributed by atoms with Crippen LogP contribution in [0, 0.1) is 0 Å². The first-order valence-electron chi connectivity index (χ1n) is 10.8. The number of anilines is 1. The van der Waals surface area contributed by atoms with Crippen molar-refractivity contribution in [1.29, 1.82) is 0 Å². The summed E-state index contributed by atoms with van der Waals surface area (Å²) in [4.78, 5) is 26.6. The average molecular weight is 515 g/mol. The number of carbonyl (C=O) groups excluding carboxylic acids is 2. The number of halogens is 1. The lowest BCUT2D eigenvalue weighted by Gasteiger charge is -2.15. The number of nitrogens with one attached hydrogen (secondary N) is 1. The van der Waals surface area contributed by atoms with Gasteiger partial charge in [0.15, 0.2) is 5.78 Å². The summed E-state index contributed by atoms with van der Waals surface area (Å²) in [7, 11) is -3.46. The highest BCUT2D eigenvalue weighted by Crippen LogP contribution is 2.26. The Bertz CT molecular complexity index is 1290. The molecule has 0 aliphatic carbocycles. The third kappa shape index (κ3) is 5.70. The van der Waals surface area contributed by atoms with Crippen molar-refractivity contribution in [3.05, 3.63) is 88.9 Å². The Kier molecular flexibility index (Phi) is 7.73. The third-order valence-electron chi connectivity index (χ3n) is 5.43. The maximum atomic E-state index is 12.9. The maximum Gasteiger partial charge on any atom is 0.243 e. The molecule has 3 aromatic carbocycles. The van der Waals surface area contributed by atoms with E-state index >= 15 is 0 Å². The summed E-state index contributed by atoms with van der Waals surface area (Å²) in [6.07, 6.45) is 1.77. The Morgan fingerprint density at radius 2 is 1.62 bits per heavy atom. The van der Waals surface area contributed by atoms with Crippen LogP contribution in [-0.4, -0.2) is 43.3 Å². The third-order valence-corrected chi connectivity index (χ3v) is 8.59. The van der Waals surface area contributed by atoms with Gasteiger partial charge >= 0.3 is 0 Å². The summed E-state index contributed by atoms with van der Waals surface area (Å²) in [5.74, 6) is -0.427. The lowest BCUT2D eigenvalue weighted by molar-refractivity contribution is -0.113. The molecule has 1 aliphatic rings. The van der Waals surface area contributed by atoms with Gasteiger partial charge in [-0.05, 0) is 55.3 Å². The van der Waals surface area contributed by atoms with Gasteiger partial charge in [0.2, 0.25) is 15.9 Å². The van der Waals surface area contributed by atoms with Crippen molar-refractivity contribution in [3.8, 4) is 0 Å². The number of rotatable bonds is 8. The second-order valence-corrected chi connectivity index (χ2v) is 11.2. The summed E-state index contributed by atoms with van der Waals surface area (Å²) in [6.45, 7) is 1.11. The van der Waals surface area contributed by atoms with Crippen LogP contribution in [0.15, 0.2) is 82.6 Å². The van der Waals surface area contributed by atoms with Crippen LogP contribution in [0.25, 0.3) is 0 Å². The van der Waals surface area contributed by atoms with Crippen LogP contribution < -0.4 is 5.32 Å². The lowest BCUT2D eigenvalue weighted by atomic mass is 10.0. The van der Waals surface area contributed by atoms with Crippen LogP contribution in [0.4, 0.5) is 5.69 Å². The minimum absolute atomic E-state index is 0.0970. The molecule has 1 heterocycles. The predicted molar refractivity (Wildman–Crippen MR) is 135 cm³/mol. The fourth-order valence-electron chi connectivity index (χ4n) is 3.68. The van der Waals surface area contributed by atoms with E-state index < -0.39 is 10.0 Å². The minimum atomic E-state index is -3.46. The van der Waals surface area contributed by atoms with E-state index in [4.69, 9.17) is 11.6 Å². The molecule has 1 fully saturated rings. The molecule has 0 radical (unpaired) electrons. The van der Waals surface area contributed by atoms with Crippen molar-refractivity contribution in [3.63, 3.8) is 0 Å². The number of thioether (sulfide) groups is 1. The van der Waals surface area contributed by atoms with E-state index in [1.54, 1.807) is 66.7 Å². The zero-order valence-corrected chi connectivity index (χ0v) is 20.6. The number of nitrogens with zero attached hydrogens (tertiary/aromatic N) is 1. The summed E-state index contributed by atoms with van der Waals surface area (Å²) in [5.41, 5.74) is 1.20. The van der Waals surface area contributed by atoms with E-state index in [2.05, 4.69) is 5.32 Å². The Morgan fingerprint density at radius 3 is 2.29 bits per heavy atom. The molecular formula is C25H23ClN2O4S2. The van der Waals surface area contributed by atoms with E-state index in [1.807, 2.05) is 6.07 Å². The number of carbonyl (C=O) groups is 2. The molecule has 6 nitrogen and oxygen atoms in total. The normalized spacial score (nSPS) is 14.1. The van der Waals surface area contributed by atoms with Crippen molar-refractivity contribution < 1.29 is 18.0 Å². The van der Waals surface area contributed by atoms with Crippen LogP contribution in [0.1, 0.15) is 28.8 Å². The molecule has 0 spiro atoms. The van der Waals surface area contributed by atoms with Gasteiger partial charge in [-0.3, -0.25) is 9.59 Å². The van der Waals surface area contributed by atoms with Gasteiger partial charge in [0.05, 0.1) is 16.3 Å². The first kappa shape index (κ1) is 24.5. The van der Waals surface area contributed by atoms with E-state index in [0.717, 1.165) is 17.7 Å². The lowest BCUT2D eigenvalue weighted by Crippen LogP contribution is -2.27. The summed E-state index contributed by atoms with van der Waals surface area (Å²) < 4.78 is 26.8. The van der Waals surface area contributed by atoms with Crippen LogP contribution in [0.3, 0.4) is 0 Å². The Labute approximate surface area is 208 Å². The molecule has 9 heteroatoms. The molecule has 1 aliphatic heterocycles. The Balaban J connectivity index is 1.40. The molecule has 1 N–H and O–H groups in total.